The second-order valence-corrected chi connectivity index (χ2v) is 2.97. The molecule has 0 unspecified atom stereocenters. The lowest BCUT2D eigenvalue weighted by atomic mass is 9.99. The van der Waals surface area contributed by atoms with E-state index in [1.54, 1.807) is 11.1 Å². The van der Waals surface area contributed by atoms with Crippen LogP contribution in [0, 0.1) is 0 Å². The van der Waals surface area contributed by atoms with Crippen molar-refractivity contribution in [1.29, 1.82) is 0 Å². The zero-order valence-corrected chi connectivity index (χ0v) is 6.15. The van der Waals surface area contributed by atoms with Crippen molar-refractivity contribution in [3.8, 4) is 0 Å². The van der Waals surface area contributed by atoms with E-state index >= 15 is 0 Å². The molecule has 0 spiro atoms. The van der Waals surface area contributed by atoms with Gasteiger partial charge in [0, 0.05) is 19.7 Å². The van der Waals surface area contributed by atoms with E-state index < -0.39 is 0 Å². The molecule has 0 amide bonds. The van der Waals surface area contributed by atoms with E-state index in [4.69, 9.17) is 4.74 Å². The fourth-order valence-corrected chi connectivity index (χ4v) is 1.43. The molecule has 2 fully saturated rings. The van der Waals surface area contributed by atoms with Crippen molar-refractivity contribution in [2.75, 3.05) is 26.3 Å². The minimum atomic E-state index is 0.900. The molecule has 0 aromatic heterocycles. The molecule has 0 aliphatic carbocycles. The Bertz CT molecular complexity index is 149. The van der Waals surface area contributed by atoms with Crippen LogP contribution in [0.5, 0.6) is 0 Å². The van der Waals surface area contributed by atoms with Crippen molar-refractivity contribution in [2.24, 2.45) is 0 Å². The van der Waals surface area contributed by atoms with Crippen LogP contribution in [0.4, 0.5) is 0 Å². The molecular weight excluding hydrogens is 126 g/mol. The highest BCUT2D eigenvalue weighted by molar-refractivity contribution is 5.23. The van der Waals surface area contributed by atoms with Crippen molar-refractivity contribution in [1.82, 2.24) is 5.32 Å². The fraction of sp³-hybridized carbons (Fsp3) is 0.750. The Kier molecular flexibility index (Phi) is 1.74. The smallest absolute Gasteiger partial charge is 0.0680 e. The lowest BCUT2D eigenvalue weighted by Gasteiger charge is -2.26. The highest BCUT2D eigenvalue weighted by Gasteiger charge is 2.15. The van der Waals surface area contributed by atoms with Crippen LogP contribution in [0.2, 0.25) is 0 Å². The number of rotatable bonds is 0. The third kappa shape index (κ3) is 1.09. The van der Waals surface area contributed by atoms with E-state index in [9.17, 15) is 0 Å². The number of hydrogen-bond acceptors (Lipinski definition) is 2. The average Bonchev–Trinajstić information content (AvgIpc) is 1.86. The summed E-state index contributed by atoms with van der Waals surface area (Å²) < 4.78 is 5.35. The third-order valence-electron chi connectivity index (χ3n) is 2.22. The zero-order valence-electron chi connectivity index (χ0n) is 6.15. The molecule has 0 atom stereocenters. The van der Waals surface area contributed by atoms with Gasteiger partial charge in [-0.05, 0) is 24.0 Å². The summed E-state index contributed by atoms with van der Waals surface area (Å²) in [6.07, 6.45) is 2.50. The molecule has 2 heteroatoms. The molecule has 2 saturated heterocycles. The molecule has 2 rings (SSSR count). The van der Waals surface area contributed by atoms with Crippen molar-refractivity contribution >= 4 is 0 Å². The SMILES string of the molecule is C1COCC(=C2CNC2)C1. The van der Waals surface area contributed by atoms with Gasteiger partial charge in [0.15, 0.2) is 0 Å². The Morgan fingerprint density at radius 3 is 2.60 bits per heavy atom. The topological polar surface area (TPSA) is 21.3 Å². The molecule has 2 aliphatic rings. The Morgan fingerprint density at radius 1 is 1.20 bits per heavy atom. The predicted molar refractivity (Wildman–Crippen MR) is 39.9 cm³/mol. The summed E-state index contributed by atoms with van der Waals surface area (Å²) in [5.74, 6) is 0. The number of nitrogens with one attached hydrogen (secondary N) is 1. The number of hydrogen-bond donors (Lipinski definition) is 1. The molecule has 0 bridgehead atoms. The van der Waals surface area contributed by atoms with Gasteiger partial charge in [0.05, 0.1) is 6.61 Å². The minimum Gasteiger partial charge on any atom is -0.377 e. The average molecular weight is 139 g/mol. The Morgan fingerprint density at radius 2 is 2.10 bits per heavy atom. The molecule has 56 valence electrons. The van der Waals surface area contributed by atoms with Crippen LogP contribution < -0.4 is 5.32 Å². The van der Waals surface area contributed by atoms with Gasteiger partial charge in [-0.1, -0.05) is 0 Å². The standard InChI is InChI=1S/C8H13NO/c1-2-7(6-10-3-1)8-4-9-5-8/h9H,1-6H2. The first-order chi connectivity index (χ1) is 4.97. The molecule has 2 nitrogen and oxygen atoms in total. The zero-order chi connectivity index (χ0) is 6.81. The summed E-state index contributed by atoms with van der Waals surface area (Å²) >= 11 is 0. The molecule has 2 aliphatic heterocycles. The van der Waals surface area contributed by atoms with Gasteiger partial charge in [0.25, 0.3) is 0 Å². The first kappa shape index (κ1) is 6.38. The summed E-state index contributed by atoms with van der Waals surface area (Å²) in [5, 5.41) is 3.25. The van der Waals surface area contributed by atoms with Gasteiger partial charge < -0.3 is 10.1 Å². The van der Waals surface area contributed by atoms with Gasteiger partial charge in [-0.3, -0.25) is 0 Å². The van der Waals surface area contributed by atoms with Gasteiger partial charge in [-0.25, -0.2) is 0 Å². The van der Waals surface area contributed by atoms with Crippen LogP contribution in [0.3, 0.4) is 0 Å². The second kappa shape index (κ2) is 2.72. The van der Waals surface area contributed by atoms with E-state index in [-0.39, 0.29) is 0 Å². The molecule has 0 aromatic carbocycles. The predicted octanol–water partition coefficient (Wildman–Crippen LogP) is 0.697. The molecule has 10 heavy (non-hydrogen) atoms. The largest absolute Gasteiger partial charge is 0.377 e. The van der Waals surface area contributed by atoms with Crippen LogP contribution in [-0.4, -0.2) is 26.3 Å². The first-order valence-electron chi connectivity index (χ1n) is 3.95. The maximum absolute atomic E-state index is 5.35. The van der Waals surface area contributed by atoms with Crippen molar-refractivity contribution < 1.29 is 4.74 Å². The summed E-state index contributed by atoms with van der Waals surface area (Å²) in [4.78, 5) is 0. The first-order valence-corrected chi connectivity index (χ1v) is 3.95. The lowest BCUT2D eigenvalue weighted by molar-refractivity contribution is 0.128. The molecule has 0 saturated carbocycles. The Labute approximate surface area is 61.3 Å². The summed E-state index contributed by atoms with van der Waals surface area (Å²) in [7, 11) is 0. The highest BCUT2D eigenvalue weighted by Crippen LogP contribution is 2.18. The minimum absolute atomic E-state index is 0.900. The normalized spacial score (nSPS) is 26.4. The van der Waals surface area contributed by atoms with E-state index in [0.717, 1.165) is 26.3 Å². The van der Waals surface area contributed by atoms with Crippen LogP contribution in [0.1, 0.15) is 12.8 Å². The van der Waals surface area contributed by atoms with Crippen LogP contribution in [-0.2, 0) is 4.74 Å². The lowest BCUT2D eigenvalue weighted by Crippen LogP contribution is -2.36. The van der Waals surface area contributed by atoms with Gasteiger partial charge in [0.1, 0.15) is 0 Å². The maximum Gasteiger partial charge on any atom is 0.0680 e. The van der Waals surface area contributed by atoms with E-state index in [1.807, 2.05) is 0 Å². The Hall–Kier alpha value is -0.340. The molecule has 0 aromatic rings. The second-order valence-electron chi connectivity index (χ2n) is 2.97. The molecule has 1 N–H and O–H groups in total. The molecular formula is C8H13NO. The van der Waals surface area contributed by atoms with Crippen LogP contribution >= 0.6 is 0 Å². The van der Waals surface area contributed by atoms with Crippen molar-refractivity contribution in [3.63, 3.8) is 0 Å². The fourth-order valence-electron chi connectivity index (χ4n) is 1.43. The quantitative estimate of drug-likeness (QED) is 0.499. The summed E-state index contributed by atoms with van der Waals surface area (Å²) in [6.45, 7) is 4.08. The maximum atomic E-state index is 5.35. The third-order valence-corrected chi connectivity index (χ3v) is 2.22. The van der Waals surface area contributed by atoms with Gasteiger partial charge in [-0.2, -0.15) is 0 Å². The number of ether oxygens (including phenoxy) is 1. The monoisotopic (exact) mass is 139 g/mol. The van der Waals surface area contributed by atoms with Gasteiger partial charge >= 0.3 is 0 Å². The molecule has 2 heterocycles. The van der Waals surface area contributed by atoms with Crippen molar-refractivity contribution in [3.05, 3.63) is 11.1 Å². The molecule has 0 radical (unpaired) electrons. The summed E-state index contributed by atoms with van der Waals surface area (Å²) in [5.41, 5.74) is 3.16. The van der Waals surface area contributed by atoms with Crippen LogP contribution in [0.25, 0.3) is 0 Å². The van der Waals surface area contributed by atoms with E-state index in [2.05, 4.69) is 5.32 Å². The highest BCUT2D eigenvalue weighted by atomic mass is 16.5. The van der Waals surface area contributed by atoms with Gasteiger partial charge in [-0.15, -0.1) is 0 Å². The Balaban J connectivity index is 2.00. The summed E-state index contributed by atoms with van der Waals surface area (Å²) in [6, 6.07) is 0. The van der Waals surface area contributed by atoms with Crippen molar-refractivity contribution in [2.45, 2.75) is 12.8 Å². The van der Waals surface area contributed by atoms with Gasteiger partial charge in [0.2, 0.25) is 0 Å². The van der Waals surface area contributed by atoms with Crippen LogP contribution in [0.15, 0.2) is 11.1 Å². The van der Waals surface area contributed by atoms with E-state index in [0.29, 0.717) is 0 Å². The van der Waals surface area contributed by atoms with E-state index in [1.165, 1.54) is 12.8 Å².